The van der Waals surface area contributed by atoms with Gasteiger partial charge in [0.05, 0.1) is 5.52 Å². The maximum Gasteiger partial charge on any atom is 0.327 e. The van der Waals surface area contributed by atoms with Crippen molar-refractivity contribution < 1.29 is 14.7 Å². The number of carbonyl (C=O) groups is 2. The van der Waals surface area contributed by atoms with Gasteiger partial charge in [0.25, 0.3) is 0 Å². The Morgan fingerprint density at radius 2 is 2.04 bits per heavy atom. The Bertz CT molecular complexity index is 777. The zero-order chi connectivity index (χ0) is 17.9. The summed E-state index contributed by atoms with van der Waals surface area (Å²) in [6.45, 7) is 3.22. The van der Waals surface area contributed by atoms with Gasteiger partial charge in [-0.3, -0.25) is 9.78 Å². The van der Waals surface area contributed by atoms with Crippen molar-refractivity contribution in [1.82, 2.24) is 10.3 Å². The summed E-state index contributed by atoms with van der Waals surface area (Å²) in [6, 6.07) is 7.02. The lowest BCUT2D eigenvalue weighted by molar-refractivity contribution is -0.140. The molecule has 1 atom stereocenters. The normalized spacial score (nSPS) is 12.0. The molecule has 0 fully saturated rings. The minimum Gasteiger partial charge on any atom is -0.480 e. The molecule has 0 aliphatic heterocycles. The molecule has 0 saturated carbocycles. The van der Waals surface area contributed by atoms with E-state index in [0.29, 0.717) is 0 Å². The number of fused-ring (bicyclic) bond motifs is 1. The van der Waals surface area contributed by atoms with Crippen LogP contribution in [0, 0.1) is 6.92 Å². The van der Waals surface area contributed by atoms with Gasteiger partial charge in [-0.2, -0.15) is 0 Å². The minimum absolute atomic E-state index is 0.250. The molecule has 6 nitrogen and oxygen atoms in total. The summed E-state index contributed by atoms with van der Waals surface area (Å²) < 4.78 is 0. The fourth-order valence-corrected chi connectivity index (χ4v) is 3.44. The van der Waals surface area contributed by atoms with Crippen molar-refractivity contribution >= 4 is 40.2 Å². The van der Waals surface area contributed by atoms with Crippen molar-refractivity contribution in [3.8, 4) is 0 Å². The van der Waals surface area contributed by atoms with Gasteiger partial charge < -0.3 is 15.3 Å². The molecular formula is C17H21N3O3S. The molecular weight excluding hydrogens is 326 g/mol. The molecule has 2 N–H and O–H groups in total. The van der Waals surface area contributed by atoms with Crippen LogP contribution in [-0.2, 0) is 9.59 Å². The molecule has 24 heavy (non-hydrogen) atoms. The van der Waals surface area contributed by atoms with Crippen LogP contribution in [0.2, 0.25) is 0 Å². The summed E-state index contributed by atoms with van der Waals surface area (Å²) in [5.74, 6) is -1.14. The molecule has 128 valence electrons. The highest BCUT2D eigenvalue weighted by molar-refractivity contribution is 7.99. The van der Waals surface area contributed by atoms with E-state index >= 15 is 0 Å². The van der Waals surface area contributed by atoms with E-state index in [1.807, 2.05) is 50.2 Å². The molecule has 0 aliphatic rings. The number of carboxylic acid groups (broad SMARTS) is 1. The molecule has 2 rings (SSSR count). The van der Waals surface area contributed by atoms with Crippen molar-refractivity contribution in [2.45, 2.75) is 24.8 Å². The van der Waals surface area contributed by atoms with Gasteiger partial charge >= 0.3 is 5.97 Å². The van der Waals surface area contributed by atoms with E-state index in [1.54, 1.807) is 0 Å². The lowest BCUT2D eigenvalue weighted by atomic mass is 10.1. The van der Waals surface area contributed by atoms with E-state index in [1.165, 1.54) is 18.7 Å². The van der Waals surface area contributed by atoms with Crippen molar-refractivity contribution in [2.24, 2.45) is 0 Å². The zero-order valence-corrected chi connectivity index (χ0v) is 15.0. The molecule has 1 aromatic carbocycles. The predicted octanol–water partition coefficient (Wildman–Crippen LogP) is 2.29. The van der Waals surface area contributed by atoms with E-state index in [-0.39, 0.29) is 11.7 Å². The highest BCUT2D eigenvalue weighted by Crippen LogP contribution is 2.31. The number of carbonyl (C=O) groups excluding carboxylic acids is 1. The van der Waals surface area contributed by atoms with Crippen LogP contribution in [0.1, 0.15) is 12.6 Å². The molecule has 0 radical (unpaired) electrons. The maximum absolute atomic E-state index is 11.3. The number of benzene rings is 1. The van der Waals surface area contributed by atoms with Crippen molar-refractivity contribution in [1.29, 1.82) is 0 Å². The SMILES string of the molecule is CC(=O)N[C@H](CSc1cc(C)nc2ccc(N(C)C)cc12)C(=O)O. The first-order chi connectivity index (χ1) is 11.3. The van der Waals surface area contributed by atoms with E-state index in [9.17, 15) is 14.7 Å². The Kier molecular flexibility index (Phi) is 5.66. The molecule has 0 aliphatic carbocycles. The fourth-order valence-electron chi connectivity index (χ4n) is 2.30. The van der Waals surface area contributed by atoms with Crippen LogP contribution in [0.5, 0.6) is 0 Å². The Morgan fingerprint density at radius 1 is 1.33 bits per heavy atom. The van der Waals surface area contributed by atoms with Crippen LogP contribution in [-0.4, -0.2) is 47.9 Å². The number of aryl methyl sites for hydroxylation is 1. The van der Waals surface area contributed by atoms with Crippen LogP contribution in [0.4, 0.5) is 5.69 Å². The maximum atomic E-state index is 11.3. The average molecular weight is 347 g/mol. The van der Waals surface area contributed by atoms with Crippen LogP contribution in [0.25, 0.3) is 10.9 Å². The lowest BCUT2D eigenvalue weighted by Crippen LogP contribution is -2.41. The summed E-state index contributed by atoms with van der Waals surface area (Å²) in [7, 11) is 3.93. The highest BCUT2D eigenvalue weighted by atomic mass is 32.2. The second-order valence-corrected chi connectivity index (χ2v) is 6.82. The Balaban J connectivity index is 2.34. The summed E-state index contributed by atoms with van der Waals surface area (Å²) in [5.41, 5.74) is 2.79. The van der Waals surface area contributed by atoms with E-state index in [0.717, 1.165) is 27.2 Å². The van der Waals surface area contributed by atoms with Gasteiger partial charge in [0.1, 0.15) is 6.04 Å². The fraction of sp³-hybridized carbons (Fsp3) is 0.353. The number of nitrogens with one attached hydrogen (secondary N) is 1. The Morgan fingerprint density at radius 3 is 2.62 bits per heavy atom. The van der Waals surface area contributed by atoms with Gasteiger partial charge in [-0.1, -0.05) is 0 Å². The van der Waals surface area contributed by atoms with E-state index in [4.69, 9.17) is 0 Å². The molecule has 7 heteroatoms. The molecule has 0 bridgehead atoms. The van der Waals surface area contributed by atoms with Gasteiger partial charge in [0.15, 0.2) is 0 Å². The number of pyridine rings is 1. The van der Waals surface area contributed by atoms with Gasteiger partial charge in [0, 0.05) is 48.4 Å². The zero-order valence-electron chi connectivity index (χ0n) is 14.2. The average Bonchev–Trinajstić information content (AvgIpc) is 2.49. The number of aliphatic carboxylic acids is 1. The largest absolute Gasteiger partial charge is 0.480 e. The van der Waals surface area contributed by atoms with Crippen molar-refractivity contribution in [2.75, 3.05) is 24.7 Å². The predicted molar refractivity (Wildman–Crippen MR) is 96.8 cm³/mol. The number of nitrogens with zero attached hydrogens (tertiary/aromatic N) is 2. The monoisotopic (exact) mass is 347 g/mol. The number of hydrogen-bond acceptors (Lipinski definition) is 5. The molecule has 1 aromatic heterocycles. The number of hydrogen-bond donors (Lipinski definition) is 2. The van der Waals surface area contributed by atoms with Gasteiger partial charge in [-0.15, -0.1) is 11.8 Å². The summed E-state index contributed by atoms with van der Waals surface area (Å²) in [6.07, 6.45) is 0. The van der Waals surface area contributed by atoms with Crippen molar-refractivity contribution in [3.05, 3.63) is 30.0 Å². The van der Waals surface area contributed by atoms with E-state index < -0.39 is 12.0 Å². The van der Waals surface area contributed by atoms with E-state index in [2.05, 4.69) is 10.3 Å². The second kappa shape index (κ2) is 7.53. The summed E-state index contributed by atoms with van der Waals surface area (Å²) in [4.78, 5) is 29.9. The highest BCUT2D eigenvalue weighted by Gasteiger charge is 2.19. The smallest absolute Gasteiger partial charge is 0.327 e. The first-order valence-corrected chi connectivity index (χ1v) is 8.48. The van der Waals surface area contributed by atoms with Crippen molar-refractivity contribution in [3.63, 3.8) is 0 Å². The van der Waals surface area contributed by atoms with Crippen LogP contribution in [0.15, 0.2) is 29.2 Å². The first-order valence-electron chi connectivity index (χ1n) is 7.49. The molecule has 1 amide bonds. The minimum atomic E-state index is -1.04. The third kappa shape index (κ3) is 4.38. The standard InChI is InChI=1S/C17H21N3O3S/c1-10-7-16(24-9-15(17(22)23)19-11(2)21)13-8-12(20(3)4)5-6-14(13)18-10/h5-8,15H,9H2,1-4H3,(H,19,21)(H,22,23)/t15-/m1/s1. The molecule has 2 aromatic rings. The Labute approximate surface area is 145 Å². The van der Waals surface area contributed by atoms with Gasteiger partial charge in [0.2, 0.25) is 5.91 Å². The van der Waals surface area contributed by atoms with Gasteiger partial charge in [-0.05, 0) is 31.2 Å². The number of thioether (sulfide) groups is 1. The van der Waals surface area contributed by atoms with Gasteiger partial charge in [-0.25, -0.2) is 4.79 Å². The number of aromatic nitrogens is 1. The first kappa shape index (κ1) is 18.1. The second-order valence-electron chi connectivity index (χ2n) is 5.76. The quantitative estimate of drug-likeness (QED) is 0.780. The number of amides is 1. The third-order valence-corrected chi connectivity index (χ3v) is 4.63. The Hall–Kier alpha value is -2.28. The molecule has 1 heterocycles. The summed E-state index contributed by atoms with van der Waals surface area (Å²) >= 11 is 1.41. The number of carboxylic acids is 1. The molecule has 0 spiro atoms. The molecule has 0 unspecified atom stereocenters. The molecule has 0 saturated heterocycles. The van der Waals surface area contributed by atoms with Crippen LogP contribution < -0.4 is 10.2 Å². The third-order valence-electron chi connectivity index (χ3n) is 3.48. The summed E-state index contributed by atoms with van der Waals surface area (Å²) in [5, 5.41) is 12.7. The topological polar surface area (TPSA) is 82.5 Å². The number of rotatable bonds is 6. The number of anilines is 1. The van der Waals surface area contributed by atoms with Crippen LogP contribution >= 0.6 is 11.8 Å². The van der Waals surface area contributed by atoms with Crippen LogP contribution in [0.3, 0.4) is 0 Å². The lowest BCUT2D eigenvalue weighted by Gasteiger charge is -2.16.